The summed E-state index contributed by atoms with van der Waals surface area (Å²) in [7, 11) is 0. The number of nitrogens with zero attached hydrogens (tertiary/aromatic N) is 5. The van der Waals surface area contributed by atoms with Gasteiger partial charge in [0.25, 0.3) is 0 Å². The zero-order chi connectivity index (χ0) is 13.8. The molecule has 0 bridgehead atoms. The van der Waals surface area contributed by atoms with E-state index in [2.05, 4.69) is 9.97 Å². The van der Waals surface area contributed by atoms with E-state index in [0.29, 0.717) is 0 Å². The summed E-state index contributed by atoms with van der Waals surface area (Å²) in [6.07, 6.45) is -4.75. The number of hydrogen-bond donors (Lipinski definition) is 0. The van der Waals surface area contributed by atoms with E-state index in [9.17, 15) is 13.2 Å². The van der Waals surface area contributed by atoms with Crippen molar-refractivity contribution in [3.8, 4) is 12.1 Å². The number of halogens is 4. The standard InChI is InChI=1S/C9H5ClF3N5/c10-6-5-7(18(3-1-14)4-2-15)17-8(16-6)9(11,12)13/h5H,3-4H2. The van der Waals surface area contributed by atoms with E-state index < -0.39 is 17.2 Å². The second kappa shape index (κ2) is 5.52. The van der Waals surface area contributed by atoms with E-state index in [0.717, 1.165) is 11.0 Å². The minimum absolute atomic E-state index is 0.217. The Morgan fingerprint density at radius 3 is 2.22 bits per heavy atom. The normalized spacial score (nSPS) is 10.6. The van der Waals surface area contributed by atoms with Crippen LogP contribution in [0.2, 0.25) is 5.15 Å². The van der Waals surface area contributed by atoms with E-state index in [1.807, 2.05) is 0 Å². The van der Waals surface area contributed by atoms with E-state index in [1.165, 1.54) is 0 Å². The van der Waals surface area contributed by atoms with Gasteiger partial charge in [-0.3, -0.25) is 0 Å². The Bertz CT molecular complexity index is 500. The molecule has 0 aliphatic heterocycles. The highest BCUT2D eigenvalue weighted by atomic mass is 35.5. The molecule has 0 N–H and O–H groups in total. The smallest absolute Gasteiger partial charge is 0.330 e. The number of alkyl halides is 3. The molecule has 0 saturated heterocycles. The predicted octanol–water partition coefficient (Wildman–Crippen LogP) is 2.00. The van der Waals surface area contributed by atoms with Crippen molar-refractivity contribution in [2.45, 2.75) is 6.18 Å². The van der Waals surface area contributed by atoms with Crippen molar-refractivity contribution in [1.82, 2.24) is 9.97 Å². The highest BCUT2D eigenvalue weighted by Crippen LogP contribution is 2.29. The first-order chi connectivity index (χ1) is 8.38. The summed E-state index contributed by atoms with van der Waals surface area (Å²) < 4.78 is 37.4. The largest absolute Gasteiger partial charge is 0.451 e. The van der Waals surface area contributed by atoms with Crippen molar-refractivity contribution in [2.75, 3.05) is 18.0 Å². The lowest BCUT2D eigenvalue weighted by atomic mass is 10.4. The third-order valence-electron chi connectivity index (χ3n) is 1.78. The Kier molecular flexibility index (Phi) is 4.29. The Hall–Kier alpha value is -2.06. The topological polar surface area (TPSA) is 76.6 Å². The molecule has 0 aromatic carbocycles. The summed E-state index contributed by atoms with van der Waals surface area (Å²) in [6, 6.07) is 4.50. The molecule has 0 fully saturated rings. The fourth-order valence-electron chi connectivity index (χ4n) is 1.08. The van der Waals surface area contributed by atoms with Gasteiger partial charge in [-0.05, 0) is 0 Å². The van der Waals surface area contributed by atoms with E-state index in [4.69, 9.17) is 22.1 Å². The number of nitriles is 2. The van der Waals surface area contributed by atoms with Crippen LogP contribution in [0.1, 0.15) is 5.82 Å². The van der Waals surface area contributed by atoms with Crippen LogP contribution in [-0.4, -0.2) is 23.1 Å². The van der Waals surface area contributed by atoms with Crippen LogP contribution in [0.15, 0.2) is 6.07 Å². The van der Waals surface area contributed by atoms with Crippen LogP contribution in [0.25, 0.3) is 0 Å². The van der Waals surface area contributed by atoms with Crippen LogP contribution in [0.5, 0.6) is 0 Å². The van der Waals surface area contributed by atoms with Crippen LogP contribution in [-0.2, 0) is 6.18 Å². The van der Waals surface area contributed by atoms with Gasteiger partial charge in [-0.2, -0.15) is 23.7 Å². The molecule has 0 unspecified atom stereocenters. The minimum Gasteiger partial charge on any atom is -0.330 e. The molecule has 0 aliphatic carbocycles. The van der Waals surface area contributed by atoms with Gasteiger partial charge < -0.3 is 4.90 Å². The molecule has 18 heavy (non-hydrogen) atoms. The molecule has 1 heterocycles. The van der Waals surface area contributed by atoms with E-state index in [1.54, 1.807) is 12.1 Å². The Morgan fingerprint density at radius 2 is 1.78 bits per heavy atom. The van der Waals surface area contributed by atoms with Gasteiger partial charge in [-0.15, -0.1) is 0 Å². The van der Waals surface area contributed by atoms with Gasteiger partial charge in [-0.1, -0.05) is 11.6 Å². The average molecular weight is 276 g/mol. The molecular formula is C9H5ClF3N5. The van der Waals surface area contributed by atoms with Crippen molar-refractivity contribution in [3.63, 3.8) is 0 Å². The highest BCUT2D eigenvalue weighted by Gasteiger charge is 2.35. The Morgan fingerprint density at radius 1 is 1.22 bits per heavy atom. The first-order valence-electron chi connectivity index (χ1n) is 4.49. The van der Waals surface area contributed by atoms with Crippen LogP contribution in [0, 0.1) is 22.7 Å². The number of rotatable bonds is 3. The quantitative estimate of drug-likeness (QED) is 0.623. The third kappa shape index (κ3) is 3.47. The molecule has 0 amide bonds. The summed E-state index contributed by atoms with van der Waals surface area (Å²) in [5.41, 5.74) is 0. The van der Waals surface area contributed by atoms with Crippen molar-refractivity contribution in [1.29, 1.82) is 10.5 Å². The Labute approximate surface area is 105 Å². The highest BCUT2D eigenvalue weighted by molar-refractivity contribution is 6.29. The van der Waals surface area contributed by atoms with Gasteiger partial charge >= 0.3 is 6.18 Å². The second-order valence-electron chi connectivity index (χ2n) is 3.04. The van der Waals surface area contributed by atoms with Crippen molar-refractivity contribution in [3.05, 3.63) is 17.0 Å². The van der Waals surface area contributed by atoms with Gasteiger partial charge in [0, 0.05) is 6.07 Å². The third-order valence-corrected chi connectivity index (χ3v) is 1.98. The van der Waals surface area contributed by atoms with Crippen molar-refractivity contribution >= 4 is 17.4 Å². The van der Waals surface area contributed by atoms with Crippen LogP contribution >= 0.6 is 11.6 Å². The SMILES string of the molecule is N#CCN(CC#N)c1cc(Cl)nc(C(F)(F)F)n1. The van der Waals surface area contributed by atoms with Gasteiger partial charge in [0.2, 0.25) is 5.82 Å². The lowest BCUT2D eigenvalue weighted by molar-refractivity contribution is -0.144. The molecule has 94 valence electrons. The Balaban J connectivity index is 3.20. The number of anilines is 1. The van der Waals surface area contributed by atoms with Gasteiger partial charge in [0.1, 0.15) is 24.1 Å². The lowest BCUT2D eigenvalue weighted by Gasteiger charge is -2.17. The predicted molar refractivity (Wildman–Crippen MR) is 55.5 cm³/mol. The zero-order valence-electron chi connectivity index (χ0n) is 8.74. The van der Waals surface area contributed by atoms with Gasteiger partial charge in [0.15, 0.2) is 0 Å². The molecule has 0 spiro atoms. The van der Waals surface area contributed by atoms with E-state index in [-0.39, 0.29) is 18.9 Å². The first kappa shape index (κ1) is 14.0. The molecule has 5 nitrogen and oxygen atoms in total. The monoisotopic (exact) mass is 275 g/mol. The van der Waals surface area contributed by atoms with Crippen LogP contribution in [0.3, 0.4) is 0 Å². The molecular weight excluding hydrogens is 271 g/mol. The maximum Gasteiger partial charge on any atom is 0.451 e. The molecule has 0 saturated carbocycles. The van der Waals surface area contributed by atoms with E-state index >= 15 is 0 Å². The fourth-order valence-corrected chi connectivity index (χ4v) is 1.26. The van der Waals surface area contributed by atoms with Crippen molar-refractivity contribution < 1.29 is 13.2 Å². The summed E-state index contributed by atoms with van der Waals surface area (Å²) in [5, 5.41) is 16.6. The minimum atomic E-state index is -4.75. The average Bonchev–Trinajstić information content (AvgIpc) is 2.27. The molecule has 1 rings (SSSR count). The maximum atomic E-state index is 12.5. The van der Waals surface area contributed by atoms with Crippen LogP contribution in [0.4, 0.5) is 19.0 Å². The maximum absolute atomic E-state index is 12.5. The molecule has 1 aromatic rings. The lowest BCUT2D eigenvalue weighted by Crippen LogP contribution is -2.26. The van der Waals surface area contributed by atoms with Gasteiger partial charge in [0.05, 0.1) is 12.1 Å². The number of aromatic nitrogens is 2. The second-order valence-corrected chi connectivity index (χ2v) is 3.43. The van der Waals surface area contributed by atoms with Gasteiger partial charge in [-0.25, -0.2) is 9.97 Å². The number of hydrogen-bond acceptors (Lipinski definition) is 5. The van der Waals surface area contributed by atoms with Crippen molar-refractivity contribution in [2.24, 2.45) is 0 Å². The molecule has 1 aromatic heterocycles. The molecule has 0 radical (unpaired) electrons. The van der Waals surface area contributed by atoms with Crippen LogP contribution < -0.4 is 4.90 Å². The zero-order valence-corrected chi connectivity index (χ0v) is 9.50. The summed E-state index contributed by atoms with van der Waals surface area (Å²) >= 11 is 5.46. The summed E-state index contributed by atoms with van der Waals surface area (Å²) in [6.45, 7) is -0.559. The summed E-state index contributed by atoms with van der Waals surface area (Å²) in [4.78, 5) is 7.35. The first-order valence-corrected chi connectivity index (χ1v) is 4.87. The molecule has 9 heteroatoms. The fraction of sp³-hybridized carbons (Fsp3) is 0.333. The molecule has 0 atom stereocenters. The summed E-state index contributed by atoms with van der Waals surface area (Å²) in [5.74, 6) is -1.63. The molecule has 0 aliphatic rings.